The van der Waals surface area contributed by atoms with Gasteiger partial charge in [-0.1, -0.05) is 19.8 Å². The van der Waals surface area contributed by atoms with Crippen molar-refractivity contribution in [3.8, 4) is 0 Å². The van der Waals surface area contributed by atoms with Crippen LogP contribution in [0.25, 0.3) is 0 Å². The predicted molar refractivity (Wildman–Crippen MR) is 89.0 cm³/mol. The summed E-state index contributed by atoms with van der Waals surface area (Å²) in [6.45, 7) is 2.12. The number of amides is 1. The number of hydrogen-bond acceptors (Lipinski definition) is 6. The van der Waals surface area contributed by atoms with Crippen LogP contribution in [-0.4, -0.2) is 22.0 Å². The first kappa shape index (κ1) is 17.0. The second-order valence-electron chi connectivity index (χ2n) is 6.87. The minimum Gasteiger partial charge on any atom is -0.273 e. The monoisotopic (exact) mass is 346 g/mol. The maximum absolute atomic E-state index is 12.3. The van der Waals surface area contributed by atoms with Gasteiger partial charge in [-0.3, -0.25) is 25.0 Å². The third kappa shape index (κ3) is 3.21. The van der Waals surface area contributed by atoms with Crippen molar-refractivity contribution in [3.63, 3.8) is 0 Å². The lowest BCUT2D eigenvalue weighted by molar-refractivity contribution is -0.394. The number of hydrogen-bond donors (Lipinski definition) is 1. The molecule has 9 heteroatoms. The summed E-state index contributed by atoms with van der Waals surface area (Å²) >= 11 is 0. The Morgan fingerprint density at radius 2 is 1.88 bits per heavy atom. The number of carbonyl (C=O) groups excluding carboxylic acids is 1. The Morgan fingerprint density at radius 1 is 1.24 bits per heavy atom. The zero-order valence-corrected chi connectivity index (χ0v) is 13.7. The molecule has 3 rings (SSSR count). The molecule has 0 aliphatic heterocycles. The maximum atomic E-state index is 12.3. The van der Waals surface area contributed by atoms with E-state index in [4.69, 9.17) is 0 Å². The molecule has 1 amide bonds. The molecule has 0 aromatic heterocycles. The number of rotatable bonds is 5. The number of nitrogens with zero attached hydrogens (tertiary/aromatic N) is 3. The molecule has 9 nitrogen and oxygen atoms in total. The Hall–Kier alpha value is -2.84. The molecule has 2 aliphatic carbocycles. The second-order valence-corrected chi connectivity index (χ2v) is 6.87. The number of benzene rings is 1. The quantitative estimate of drug-likeness (QED) is 0.498. The minimum absolute atomic E-state index is 0.0494. The minimum atomic E-state index is -0.710. The second kappa shape index (κ2) is 6.23. The van der Waals surface area contributed by atoms with E-state index in [2.05, 4.69) is 17.5 Å². The van der Waals surface area contributed by atoms with E-state index in [9.17, 15) is 25.0 Å². The fourth-order valence-corrected chi connectivity index (χ4v) is 3.99. The number of carbonyl (C=O) groups is 1. The van der Waals surface area contributed by atoms with Crippen LogP contribution in [-0.2, 0) is 4.79 Å². The standard InChI is InChI=1S/C16H18N4O5/c1-16-5-3-2-4-13(16)14(16)15(21)18-17-9-10-6-11(19(22)23)8-12(7-10)20(24)25/h6-9,13-14H,2-5H2,1H3,(H,18,21)/b17-9-/t13-,14-,16-/m0/s1. The van der Waals surface area contributed by atoms with Gasteiger partial charge in [0.25, 0.3) is 11.4 Å². The lowest BCUT2D eigenvalue weighted by atomic mass is 9.90. The van der Waals surface area contributed by atoms with Gasteiger partial charge in [-0.25, -0.2) is 5.43 Å². The van der Waals surface area contributed by atoms with Crippen molar-refractivity contribution in [2.24, 2.45) is 22.4 Å². The molecule has 0 spiro atoms. The van der Waals surface area contributed by atoms with Gasteiger partial charge in [-0.2, -0.15) is 5.10 Å². The Labute approximate surface area is 143 Å². The Bertz CT molecular complexity index is 746. The van der Waals surface area contributed by atoms with Crippen LogP contribution in [0, 0.1) is 37.5 Å². The normalized spacial score (nSPS) is 27.6. The van der Waals surface area contributed by atoms with Crippen LogP contribution in [0.2, 0.25) is 0 Å². The number of nitro benzene ring substituents is 2. The topological polar surface area (TPSA) is 128 Å². The molecule has 0 heterocycles. The summed E-state index contributed by atoms with van der Waals surface area (Å²) in [7, 11) is 0. The molecular weight excluding hydrogens is 328 g/mol. The molecule has 1 aromatic rings. The van der Waals surface area contributed by atoms with Gasteiger partial charge >= 0.3 is 0 Å². The van der Waals surface area contributed by atoms with Gasteiger partial charge < -0.3 is 0 Å². The largest absolute Gasteiger partial charge is 0.276 e. The number of nitro groups is 2. The Morgan fingerprint density at radius 3 is 2.40 bits per heavy atom. The highest BCUT2D eigenvalue weighted by molar-refractivity contribution is 5.86. The third-order valence-corrected chi connectivity index (χ3v) is 5.35. The molecule has 3 atom stereocenters. The highest BCUT2D eigenvalue weighted by Gasteiger charge is 2.64. The van der Waals surface area contributed by atoms with E-state index >= 15 is 0 Å². The van der Waals surface area contributed by atoms with Crippen LogP contribution in [0.3, 0.4) is 0 Å². The molecule has 0 bridgehead atoms. The average Bonchev–Trinajstić information content (AvgIpc) is 3.20. The smallest absolute Gasteiger partial charge is 0.273 e. The molecule has 0 unspecified atom stereocenters. The molecule has 25 heavy (non-hydrogen) atoms. The van der Waals surface area contributed by atoms with Crippen LogP contribution in [0.5, 0.6) is 0 Å². The predicted octanol–water partition coefficient (Wildman–Crippen LogP) is 2.78. The van der Waals surface area contributed by atoms with E-state index in [0.717, 1.165) is 31.7 Å². The van der Waals surface area contributed by atoms with Crippen LogP contribution in [0.4, 0.5) is 11.4 Å². The maximum Gasteiger partial charge on any atom is 0.276 e. The van der Waals surface area contributed by atoms with Crippen molar-refractivity contribution in [2.45, 2.75) is 32.6 Å². The summed E-state index contributed by atoms with van der Waals surface area (Å²) in [6, 6.07) is 3.22. The first-order chi connectivity index (χ1) is 11.8. The lowest BCUT2D eigenvalue weighted by Crippen LogP contribution is -2.22. The summed E-state index contributed by atoms with van der Waals surface area (Å²) in [5.41, 5.74) is 1.90. The van der Waals surface area contributed by atoms with Gasteiger partial charge in [0.15, 0.2) is 0 Å². The molecule has 2 saturated carbocycles. The van der Waals surface area contributed by atoms with E-state index in [1.54, 1.807) is 0 Å². The van der Waals surface area contributed by atoms with Crippen molar-refractivity contribution in [2.75, 3.05) is 0 Å². The van der Waals surface area contributed by atoms with Gasteiger partial charge in [0.05, 0.1) is 22.1 Å². The summed E-state index contributed by atoms with van der Waals surface area (Å²) < 4.78 is 0. The van der Waals surface area contributed by atoms with Gasteiger partial charge in [0.2, 0.25) is 5.91 Å². The zero-order valence-electron chi connectivity index (χ0n) is 13.7. The summed E-state index contributed by atoms with van der Waals surface area (Å²) in [5.74, 6) is 0.188. The Kier molecular flexibility index (Phi) is 4.23. The van der Waals surface area contributed by atoms with Gasteiger partial charge in [-0.05, 0) is 24.2 Å². The molecule has 2 fully saturated rings. The van der Waals surface area contributed by atoms with E-state index in [1.165, 1.54) is 18.3 Å². The van der Waals surface area contributed by atoms with E-state index in [1.807, 2.05) is 0 Å². The van der Waals surface area contributed by atoms with E-state index < -0.39 is 21.2 Å². The highest BCUT2D eigenvalue weighted by Crippen LogP contribution is 2.66. The average molecular weight is 346 g/mol. The van der Waals surface area contributed by atoms with Gasteiger partial charge in [-0.15, -0.1) is 0 Å². The molecule has 132 valence electrons. The summed E-state index contributed by atoms with van der Waals surface area (Å²) in [4.78, 5) is 32.6. The highest BCUT2D eigenvalue weighted by atomic mass is 16.6. The van der Waals surface area contributed by atoms with Crippen molar-refractivity contribution < 1.29 is 14.6 Å². The van der Waals surface area contributed by atoms with Crippen molar-refractivity contribution in [3.05, 3.63) is 44.0 Å². The number of fused-ring (bicyclic) bond motifs is 1. The molecule has 0 saturated heterocycles. The number of nitrogens with one attached hydrogen (secondary N) is 1. The lowest BCUT2D eigenvalue weighted by Gasteiger charge is -2.15. The van der Waals surface area contributed by atoms with Crippen LogP contribution in [0.15, 0.2) is 23.3 Å². The first-order valence-electron chi connectivity index (χ1n) is 8.10. The zero-order chi connectivity index (χ0) is 18.2. The van der Waals surface area contributed by atoms with Gasteiger partial charge in [0, 0.05) is 23.6 Å². The fourth-order valence-electron chi connectivity index (χ4n) is 3.99. The third-order valence-electron chi connectivity index (χ3n) is 5.35. The SMILES string of the molecule is C[C@]12CCCC[C@H]1[C@H]2C(=O)N/N=C\c1cc([N+](=O)[O-])cc([N+](=O)[O-])c1. The summed E-state index contributed by atoms with van der Waals surface area (Å²) in [5, 5.41) is 25.5. The first-order valence-corrected chi connectivity index (χ1v) is 8.10. The van der Waals surface area contributed by atoms with E-state index in [-0.39, 0.29) is 22.8 Å². The molecule has 1 N–H and O–H groups in total. The van der Waals surface area contributed by atoms with Crippen LogP contribution >= 0.6 is 0 Å². The summed E-state index contributed by atoms with van der Waals surface area (Å²) in [6.07, 6.45) is 5.56. The molecular formula is C16H18N4O5. The number of hydrazone groups is 1. The van der Waals surface area contributed by atoms with Crippen molar-refractivity contribution in [1.82, 2.24) is 5.43 Å². The fraction of sp³-hybridized carbons (Fsp3) is 0.500. The number of non-ortho nitro benzene ring substituents is 2. The van der Waals surface area contributed by atoms with E-state index in [0.29, 0.717) is 5.92 Å². The van der Waals surface area contributed by atoms with Crippen LogP contribution in [0.1, 0.15) is 38.2 Å². The molecule has 0 radical (unpaired) electrons. The van der Waals surface area contributed by atoms with Crippen molar-refractivity contribution in [1.29, 1.82) is 0 Å². The molecule has 2 aliphatic rings. The van der Waals surface area contributed by atoms with Crippen molar-refractivity contribution >= 4 is 23.5 Å². The Balaban J connectivity index is 1.69. The van der Waals surface area contributed by atoms with Gasteiger partial charge in [0.1, 0.15) is 0 Å². The van der Waals surface area contributed by atoms with Crippen LogP contribution < -0.4 is 5.43 Å². The molecule has 1 aromatic carbocycles.